The van der Waals surface area contributed by atoms with Crippen LogP contribution < -0.4 is 5.32 Å². The van der Waals surface area contributed by atoms with Crippen LogP contribution in [0, 0.1) is 5.82 Å². The molecule has 1 saturated heterocycles. The summed E-state index contributed by atoms with van der Waals surface area (Å²) in [5.74, 6) is 0.926. The van der Waals surface area contributed by atoms with Crippen molar-refractivity contribution in [3.63, 3.8) is 0 Å². The number of nitrogens with one attached hydrogen (secondary N) is 2. The summed E-state index contributed by atoms with van der Waals surface area (Å²) in [6, 6.07) is 17.0. The second kappa shape index (κ2) is 8.81. The number of piperidine rings is 1. The molecule has 0 spiro atoms. The van der Waals surface area contributed by atoms with Gasteiger partial charge in [-0.15, -0.1) is 0 Å². The Morgan fingerprint density at radius 2 is 1.87 bits per heavy atom. The van der Waals surface area contributed by atoms with Crippen molar-refractivity contribution in [1.29, 1.82) is 0 Å². The first-order valence-corrected chi connectivity index (χ1v) is 10.7. The van der Waals surface area contributed by atoms with E-state index >= 15 is 0 Å². The van der Waals surface area contributed by atoms with Crippen LogP contribution in [0.2, 0.25) is 0 Å². The second-order valence-electron chi connectivity index (χ2n) is 8.02. The van der Waals surface area contributed by atoms with E-state index in [9.17, 15) is 4.39 Å². The molecule has 3 aromatic heterocycles. The van der Waals surface area contributed by atoms with Gasteiger partial charge in [-0.3, -0.25) is 15.0 Å². The standard InChI is InChI=1S/C24H25FN6/c25-21-7-2-1-5-18(21)15-27-23-20-8-9-22(28-24(20)30-29-23)17-10-13-31(14-11-17)16-19-6-3-4-12-26-19/h1-9,12,17H,10-11,13-16H2,(H2,27,28,29,30). The van der Waals surface area contributed by atoms with E-state index in [-0.39, 0.29) is 5.82 Å². The third-order valence-corrected chi connectivity index (χ3v) is 5.97. The summed E-state index contributed by atoms with van der Waals surface area (Å²) in [5, 5.41) is 11.5. The van der Waals surface area contributed by atoms with Crippen molar-refractivity contribution in [2.45, 2.75) is 31.8 Å². The number of aromatic nitrogens is 4. The lowest BCUT2D eigenvalue weighted by Gasteiger charge is -2.31. The number of hydrogen-bond acceptors (Lipinski definition) is 5. The maximum atomic E-state index is 13.9. The van der Waals surface area contributed by atoms with Gasteiger partial charge in [0.15, 0.2) is 11.5 Å². The van der Waals surface area contributed by atoms with Gasteiger partial charge in [-0.1, -0.05) is 24.3 Å². The van der Waals surface area contributed by atoms with Crippen LogP contribution in [0.25, 0.3) is 11.0 Å². The largest absolute Gasteiger partial charge is 0.364 e. The summed E-state index contributed by atoms with van der Waals surface area (Å²) in [7, 11) is 0. The highest BCUT2D eigenvalue weighted by atomic mass is 19.1. The summed E-state index contributed by atoms with van der Waals surface area (Å²) in [4.78, 5) is 11.7. The lowest BCUT2D eigenvalue weighted by atomic mass is 9.93. The predicted octanol–water partition coefficient (Wildman–Crippen LogP) is 4.48. The molecule has 2 N–H and O–H groups in total. The number of fused-ring (bicyclic) bond motifs is 1. The van der Waals surface area contributed by atoms with Gasteiger partial charge in [-0.05, 0) is 56.3 Å². The molecule has 0 unspecified atom stereocenters. The zero-order valence-electron chi connectivity index (χ0n) is 17.3. The molecule has 0 saturated carbocycles. The summed E-state index contributed by atoms with van der Waals surface area (Å²) in [6.07, 6.45) is 4.01. The molecule has 0 aliphatic carbocycles. The number of benzene rings is 1. The molecular formula is C24H25FN6. The number of anilines is 1. The van der Waals surface area contributed by atoms with E-state index in [4.69, 9.17) is 4.98 Å². The molecule has 0 amide bonds. The quantitative estimate of drug-likeness (QED) is 0.485. The molecule has 4 heterocycles. The normalized spacial score (nSPS) is 15.4. The fourth-order valence-electron chi connectivity index (χ4n) is 4.21. The maximum Gasteiger partial charge on any atom is 0.157 e. The van der Waals surface area contributed by atoms with E-state index in [1.807, 2.05) is 24.4 Å². The van der Waals surface area contributed by atoms with Crippen LogP contribution in [-0.4, -0.2) is 38.2 Å². The Morgan fingerprint density at radius 1 is 1.03 bits per heavy atom. The Hall–Kier alpha value is -3.32. The second-order valence-corrected chi connectivity index (χ2v) is 8.02. The molecule has 6 nitrogen and oxygen atoms in total. The van der Waals surface area contributed by atoms with Crippen molar-refractivity contribution in [3.05, 3.63) is 83.6 Å². The zero-order chi connectivity index (χ0) is 21.0. The molecule has 1 aliphatic rings. The van der Waals surface area contributed by atoms with Gasteiger partial charge in [-0.2, -0.15) is 5.10 Å². The fraction of sp³-hybridized carbons (Fsp3) is 0.292. The SMILES string of the molecule is Fc1ccccc1CNc1n[nH]c2nc(C3CCN(Cc4ccccn4)CC3)ccc12. The summed E-state index contributed by atoms with van der Waals surface area (Å²) in [5.41, 5.74) is 3.60. The minimum Gasteiger partial charge on any atom is -0.364 e. The first-order chi connectivity index (χ1) is 15.3. The van der Waals surface area contributed by atoms with Crippen LogP contribution in [-0.2, 0) is 13.1 Å². The lowest BCUT2D eigenvalue weighted by Crippen LogP contribution is -2.32. The number of likely N-dealkylation sites (tertiary alicyclic amines) is 1. The Morgan fingerprint density at radius 3 is 2.68 bits per heavy atom. The Kier molecular flexibility index (Phi) is 5.58. The minimum absolute atomic E-state index is 0.218. The number of rotatable bonds is 6. The number of aromatic amines is 1. The molecule has 0 radical (unpaired) electrons. The first-order valence-electron chi connectivity index (χ1n) is 10.7. The van der Waals surface area contributed by atoms with Crippen LogP contribution in [0.15, 0.2) is 60.8 Å². The molecule has 0 atom stereocenters. The maximum absolute atomic E-state index is 13.9. The third-order valence-electron chi connectivity index (χ3n) is 5.97. The van der Waals surface area contributed by atoms with Crippen LogP contribution in [0.3, 0.4) is 0 Å². The van der Waals surface area contributed by atoms with E-state index in [0.717, 1.165) is 54.9 Å². The first kappa shape index (κ1) is 19.6. The summed E-state index contributed by atoms with van der Waals surface area (Å²) < 4.78 is 13.9. The Balaban J connectivity index is 1.22. The summed E-state index contributed by atoms with van der Waals surface area (Å²) >= 11 is 0. The van der Waals surface area contributed by atoms with Gasteiger partial charge >= 0.3 is 0 Å². The van der Waals surface area contributed by atoms with Crippen LogP contribution >= 0.6 is 0 Å². The average molecular weight is 417 g/mol. The van der Waals surface area contributed by atoms with Crippen molar-refractivity contribution >= 4 is 16.9 Å². The number of pyridine rings is 2. The molecule has 1 aromatic carbocycles. The van der Waals surface area contributed by atoms with E-state index in [0.29, 0.717) is 23.8 Å². The predicted molar refractivity (Wildman–Crippen MR) is 119 cm³/mol. The van der Waals surface area contributed by atoms with E-state index in [1.165, 1.54) is 6.07 Å². The molecule has 1 aliphatic heterocycles. The molecule has 7 heteroatoms. The minimum atomic E-state index is -0.218. The van der Waals surface area contributed by atoms with Gasteiger partial charge in [0, 0.05) is 36.5 Å². The molecule has 4 aromatic rings. The van der Waals surface area contributed by atoms with Gasteiger partial charge in [0.1, 0.15) is 5.82 Å². The Bertz CT molecular complexity index is 1150. The highest BCUT2D eigenvalue weighted by Gasteiger charge is 2.22. The topological polar surface area (TPSA) is 69.7 Å². The number of nitrogens with zero attached hydrogens (tertiary/aromatic N) is 4. The monoisotopic (exact) mass is 416 g/mol. The van der Waals surface area contributed by atoms with Crippen molar-refractivity contribution in [2.75, 3.05) is 18.4 Å². The molecule has 1 fully saturated rings. The molecule has 0 bridgehead atoms. The number of halogens is 1. The smallest absolute Gasteiger partial charge is 0.157 e. The van der Waals surface area contributed by atoms with E-state index in [1.54, 1.807) is 12.1 Å². The fourth-order valence-corrected chi connectivity index (χ4v) is 4.21. The van der Waals surface area contributed by atoms with E-state index < -0.39 is 0 Å². The van der Waals surface area contributed by atoms with Crippen molar-refractivity contribution in [3.8, 4) is 0 Å². The van der Waals surface area contributed by atoms with Gasteiger partial charge < -0.3 is 5.32 Å². The van der Waals surface area contributed by atoms with Crippen LogP contribution in [0.4, 0.5) is 10.2 Å². The van der Waals surface area contributed by atoms with Gasteiger partial charge in [0.05, 0.1) is 11.1 Å². The highest BCUT2D eigenvalue weighted by molar-refractivity contribution is 5.87. The van der Waals surface area contributed by atoms with Crippen molar-refractivity contribution in [2.24, 2.45) is 0 Å². The third kappa shape index (κ3) is 4.41. The molecule has 5 rings (SSSR count). The number of hydrogen-bond donors (Lipinski definition) is 2. The van der Waals surface area contributed by atoms with Crippen LogP contribution in [0.5, 0.6) is 0 Å². The highest BCUT2D eigenvalue weighted by Crippen LogP contribution is 2.29. The molecule has 158 valence electrons. The summed E-state index contributed by atoms with van der Waals surface area (Å²) in [6.45, 7) is 3.36. The van der Waals surface area contributed by atoms with E-state index in [2.05, 4.69) is 43.6 Å². The molecular weight excluding hydrogens is 391 g/mol. The zero-order valence-corrected chi connectivity index (χ0v) is 17.3. The van der Waals surface area contributed by atoms with Crippen molar-refractivity contribution in [1.82, 2.24) is 25.1 Å². The van der Waals surface area contributed by atoms with Gasteiger partial charge in [0.25, 0.3) is 0 Å². The van der Waals surface area contributed by atoms with Crippen molar-refractivity contribution < 1.29 is 4.39 Å². The van der Waals surface area contributed by atoms with Gasteiger partial charge in [-0.25, -0.2) is 9.37 Å². The Labute approximate surface area is 180 Å². The average Bonchev–Trinajstić information content (AvgIpc) is 3.22. The lowest BCUT2D eigenvalue weighted by molar-refractivity contribution is 0.201. The van der Waals surface area contributed by atoms with Crippen LogP contribution in [0.1, 0.15) is 35.7 Å². The molecule has 31 heavy (non-hydrogen) atoms. The number of H-pyrrole nitrogens is 1. The van der Waals surface area contributed by atoms with Gasteiger partial charge in [0.2, 0.25) is 0 Å².